The van der Waals surface area contributed by atoms with Crippen LogP contribution in [0.2, 0.25) is 0 Å². The Labute approximate surface area is 149 Å². The average Bonchev–Trinajstić information content (AvgIpc) is 3.25. The van der Waals surface area contributed by atoms with E-state index in [0.717, 1.165) is 19.6 Å². The van der Waals surface area contributed by atoms with Crippen molar-refractivity contribution in [2.24, 2.45) is 0 Å². The van der Waals surface area contributed by atoms with Crippen molar-refractivity contribution in [3.63, 3.8) is 0 Å². The molecule has 24 heavy (non-hydrogen) atoms. The largest absolute Gasteiger partial charge is 0.229 e. The highest BCUT2D eigenvalue weighted by Gasteiger charge is 2.15. The molecule has 3 heterocycles. The van der Waals surface area contributed by atoms with Crippen LogP contribution in [0.5, 0.6) is 0 Å². The summed E-state index contributed by atoms with van der Waals surface area (Å²) in [7, 11) is -3.23. The lowest BCUT2D eigenvalue weighted by molar-refractivity contribution is 0.602. The number of benzene rings is 1. The van der Waals surface area contributed by atoms with Gasteiger partial charge in [-0.05, 0) is 57.9 Å². The molecule has 0 spiro atoms. The van der Waals surface area contributed by atoms with Gasteiger partial charge in [-0.3, -0.25) is 0 Å². The smallest absolute Gasteiger partial charge is 0.221 e. The highest BCUT2D eigenvalue weighted by Crippen LogP contribution is 2.35. The monoisotopic (exact) mass is 395 g/mol. The van der Waals surface area contributed by atoms with Crippen LogP contribution >= 0.6 is 34.4 Å². The number of nitrogens with zero attached hydrogens (tertiary/aromatic N) is 5. The summed E-state index contributed by atoms with van der Waals surface area (Å²) in [6.45, 7) is 0. The van der Waals surface area contributed by atoms with Crippen molar-refractivity contribution in [3.05, 3.63) is 35.7 Å². The van der Waals surface area contributed by atoms with Gasteiger partial charge in [0.1, 0.15) is 5.00 Å². The second kappa shape index (κ2) is 5.92. The molecule has 0 aliphatic heterocycles. The van der Waals surface area contributed by atoms with Crippen LogP contribution < -0.4 is 0 Å². The van der Waals surface area contributed by atoms with Gasteiger partial charge in [0, 0.05) is 6.26 Å². The minimum absolute atomic E-state index is 0.290. The Kier molecular flexibility index (Phi) is 3.87. The first-order valence-electron chi connectivity index (χ1n) is 6.61. The van der Waals surface area contributed by atoms with E-state index in [1.807, 2.05) is 17.5 Å². The van der Waals surface area contributed by atoms with Crippen molar-refractivity contribution in [3.8, 4) is 5.00 Å². The van der Waals surface area contributed by atoms with E-state index in [2.05, 4.69) is 20.5 Å². The molecule has 0 amide bonds. The Bertz CT molecular complexity index is 1110. The summed E-state index contributed by atoms with van der Waals surface area (Å²) >= 11 is 4.30. The van der Waals surface area contributed by atoms with E-state index in [4.69, 9.17) is 0 Å². The Morgan fingerprint density at radius 2 is 2.12 bits per heavy atom. The lowest BCUT2D eigenvalue weighted by Gasteiger charge is -1.97. The van der Waals surface area contributed by atoms with Crippen molar-refractivity contribution < 1.29 is 8.42 Å². The Balaban J connectivity index is 1.70. The molecule has 0 saturated heterocycles. The molecule has 11 heteroatoms. The fourth-order valence-electron chi connectivity index (χ4n) is 2.01. The van der Waals surface area contributed by atoms with Crippen LogP contribution in [0.25, 0.3) is 15.2 Å². The summed E-state index contributed by atoms with van der Waals surface area (Å²) in [5, 5.41) is 15.2. The standard InChI is InChI=1S/C13H9N5O2S4/c1-24(19,20)8-4-5-9-10(7-8)22-13(14-9)23-12-15-16-17-18(12)11-3-2-6-21-11/h2-7H,1H3. The number of fused-ring (bicyclic) bond motifs is 1. The molecule has 0 fully saturated rings. The quantitative estimate of drug-likeness (QED) is 0.525. The normalized spacial score (nSPS) is 12.0. The first kappa shape index (κ1) is 15.7. The number of hydrogen-bond acceptors (Lipinski definition) is 9. The first-order valence-corrected chi connectivity index (χ1v) is 11.0. The van der Waals surface area contributed by atoms with Crippen LogP contribution in [-0.2, 0) is 9.84 Å². The molecule has 0 bridgehead atoms. The number of aromatic nitrogens is 5. The second-order valence-corrected chi connectivity index (χ2v) is 10.00. The molecule has 0 N–H and O–H groups in total. The maximum atomic E-state index is 11.7. The Hall–Kier alpha value is -1.82. The summed E-state index contributed by atoms with van der Waals surface area (Å²) in [5.74, 6) is 0. The fraction of sp³-hybridized carbons (Fsp3) is 0.0769. The van der Waals surface area contributed by atoms with Gasteiger partial charge in [-0.25, -0.2) is 13.4 Å². The van der Waals surface area contributed by atoms with Crippen molar-refractivity contribution >= 4 is 54.5 Å². The number of thiophene rings is 1. The van der Waals surface area contributed by atoms with Crippen LogP contribution in [0.3, 0.4) is 0 Å². The maximum absolute atomic E-state index is 11.7. The molecule has 3 aromatic heterocycles. The molecular weight excluding hydrogens is 386 g/mol. The fourth-order valence-corrected chi connectivity index (χ4v) is 5.46. The summed E-state index contributed by atoms with van der Waals surface area (Å²) in [4.78, 5) is 4.80. The molecule has 0 saturated carbocycles. The zero-order valence-electron chi connectivity index (χ0n) is 12.1. The zero-order valence-corrected chi connectivity index (χ0v) is 15.4. The molecule has 122 valence electrons. The van der Waals surface area contributed by atoms with Gasteiger partial charge in [-0.2, -0.15) is 4.68 Å². The second-order valence-electron chi connectivity index (χ2n) is 4.81. The van der Waals surface area contributed by atoms with Crippen molar-refractivity contribution in [2.45, 2.75) is 14.4 Å². The van der Waals surface area contributed by atoms with Gasteiger partial charge in [0.2, 0.25) is 5.16 Å². The molecule has 1 aromatic carbocycles. The van der Waals surface area contributed by atoms with Gasteiger partial charge < -0.3 is 0 Å². The van der Waals surface area contributed by atoms with Gasteiger partial charge >= 0.3 is 0 Å². The van der Waals surface area contributed by atoms with Crippen molar-refractivity contribution in [1.82, 2.24) is 25.2 Å². The van der Waals surface area contributed by atoms with Crippen LogP contribution in [0, 0.1) is 0 Å². The van der Waals surface area contributed by atoms with E-state index in [1.54, 1.807) is 22.9 Å². The minimum Gasteiger partial charge on any atom is -0.229 e. The van der Waals surface area contributed by atoms with Gasteiger partial charge in [-0.15, -0.1) is 27.8 Å². The summed E-state index contributed by atoms with van der Waals surface area (Å²) < 4.78 is 26.6. The number of thiazole rings is 1. The predicted molar refractivity (Wildman–Crippen MR) is 93.9 cm³/mol. The lowest BCUT2D eigenvalue weighted by atomic mass is 10.3. The van der Waals surface area contributed by atoms with Gasteiger partial charge in [0.15, 0.2) is 14.2 Å². The Morgan fingerprint density at radius 1 is 1.25 bits per heavy atom. The van der Waals surface area contributed by atoms with Gasteiger partial charge in [0.25, 0.3) is 0 Å². The molecule has 0 radical (unpaired) electrons. The maximum Gasteiger partial charge on any atom is 0.221 e. The third-order valence-corrected chi connectivity index (χ3v) is 7.07. The molecule has 7 nitrogen and oxygen atoms in total. The molecule has 0 atom stereocenters. The van der Waals surface area contributed by atoms with Crippen LogP contribution in [0.1, 0.15) is 0 Å². The third kappa shape index (κ3) is 2.95. The van der Waals surface area contributed by atoms with Gasteiger partial charge in [-0.1, -0.05) is 0 Å². The van der Waals surface area contributed by atoms with Crippen molar-refractivity contribution in [2.75, 3.05) is 6.26 Å². The van der Waals surface area contributed by atoms with Crippen LogP contribution in [-0.4, -0.2) is 39.9 Å². The molecule has 0 aliphatic carbocycles. The number of sulfone groups is 1. The van der Waals surface area contributed by atoms with E-state index >= 15 is 0 Å². The highest BCUT2D eigenvalue weighted by atomic mass is 32.2. The predicted octanol–water partition coefficient (Wildman–Crippen LogP) is 2.89. The summed E-state index contributed by atoms with van der Waals surface area (Å²) in [5.41, 5.74) is 0.755. The Morgan fingerprint density at radius 3 is 2.88 bits per heavy atom. The first-order chi connectivity index (χ1) is 11.5. The molecule has 0 unspecified atom stereocenters. The minimum atomic E-state index is -3.23. The lowest BCUT2D eigenvalue weighted by Crippen LogP contribution is -1.95. The van der Waals surface area contributed by atoms with Gasteiger partial charge in [0.05, 0.1) is 15.1 Å². The van der Waals surface area contributed by atoms with Crippen molar-refractivity contribution in [1.29, 1.82) is 0 Å². The van der Waals surface area contributed by atoms with E-state index in [9.17, 15) is 8.42 Å². The summed E-state index contributed by atoms with van der Waals surface area (Å²) in [6.07, 6.45) is 1.19. The molecule has 4 aromatic rings. The van der Waals surface area contributed by atoms with Crippen LogP contribution in [0.4, 0.5) is 0 Å². The van der Waals surface area contributed by atoms with E-state index in [-0.39, 0.29) is 0 Å². The third-order valence-electron chi connectivity index (χ3n) is 3.10. The van der Waals surface area contributed by atoms with E-state index in [1.165, 1.54) is 40.7 Å². The topological polar surface area (TPSA) is 90.6 Å². The average molecular weight is 396 g/mol. The number of tetrazole rings is 1. The number of hydrogen-bond donors (Lipinski definition) is 0. The SMILES string of the molecule is CS(=O)(=O)c1ccc2nc(Sc3nnnn3-c3cccs3)sc2c1. The van der Waals surface area contributed by atoms with Crippen LogP contribution in [0.15, 0.2) is 50.1 Å². The van der Waals surface area contributed by atoms with E-state index in [0.29, 0.717) is 10.1 Å². The summed E-state index contributed by atoms with van der Waals surface area (Å²) in [6, 6.07) is 8.80. The zero-order chi connectivity index (χ0) is 16.7. The molecule has 0 aliphatic rings. The highest BCUT2D eigenvalue weighted by molar-refractivity contribution is 8.01. The molecular formula is C13H9N5O2S4. The number of rotatable bonds is 4. The molecule has 4 rings (SSSR count). The van der Waals surface area contributed by atoms with E-state index < -0.39 is 9.84 Å².